The van der Waals surface area contributed by atoms with Crippen molar-refractivity contribution in [2.45, 2.75) is 18.8 Å². The summed E-state index contributed by atoms with van der Waals surface area (Å²) in [4.78, 5) is 36.4. The van der Waals surface area contributed by atoms with Crippen LogP contribution in [-0.2, 0) is 15.5 Å². The Bertz CT molecular complexity index is 544. The Balaban J connectivity index is 2.27. The molecule has 5 nitrogen and oxygen atoms in total. The zero-order valence-corrected chi connectivity index (χ0v) is 11.1. The van der Waals surface area contributed by atoms with Crippen molar-refractivity contribution in [2.75, 3.05) is 6.54 Å². The number of rotatable bonds is 2. The molecule has 0 saturated carbocycles. The normalized spacial score (nSPS) is 19.3. The van der Waals surface area contributed by atoms with Crippen LogP contribution in [0.5, 0.6) is 0 Å². The molecule has 0 bridgehead atoms. The molecule has 2 rings (SSSR count). The van der Waals surface area contributed by atoms with E-state index in [1.807, 2.05) is 0 Å². The number of nitrogens with one attached hydrogen (secondary N) is 1. The van der Waals surface area contributed by atoms with Crippen molar-refractivity contribution < 1.29 is 14.4 Å². The molecule has 1 atom stereocenters. The van der Waals surface area contributed by atoms with E-state index >= 15 is 0 Å². The van der Waals surface area contributed by atoms with Gasteiger partial charge < -0.3 is 4.90 Å². The SMILES string of the molecule is CC1C(=O)NC(=O)CN1C(=O)c1cccc(CCl)c1. The second kappa shape index (κ2) is 5.40. The summed E-state index contributed by atoms with van der Waals surface area (Å²) in [6.07, 6.45) is 0. The zero-order valence-electron chi connectivity index (χ0n) is 10.4. The van der Waals surface area contributed by atoms with Gasteiger partial charge in [-0.25, -0.2) is 0 Å². The fraction of sp³-hybridized carbons (Fsp3) is 0.308. The summed E-state index contributed by atoms with van der Waals surface area (Å²) >= 11 is 5.72. The first-order valence-corrected chi connectivity index (χ1v) is 6.36. The number of benzene rings is 1. The van der Waals surface area contributed by atoms with Crippen LogP contribution in [0.2, 0.25) is 0 Å². The molecule has 1 aliphatic heterocycles. The van der Waals surface area contributed by atoms with Crippen LogP contribution in [0.25, 0.3) is 0 Å². The Hall–Kier alpha value is -1.88. The molecule has 1 unspecified atom stereocenters. The van der Waals surface area contributed by atoms with Crippen molar-refractivity contribution in [3.63, 3.8) is 0 Å². The van der Waals surface area contributed by atoms with Gasteiger partial charge in [0.2, 0.25) is 11.8 Å². The standard InChI is InChI=1S/C13H13ClN2O3/c1-8-12(18)15-11(17)7-16(8)13(19)10-4-2-3-9(5-10)6-14/h2-5,8H,6-7H2,1H3,(H,15,17,18). The minimum Gasteiger partial charge on any atom is -0.318 e. The van der Waals surface area contributed by atoms with Crippen LogP contribution in [0, 0.1) is 0 Å². The van der Waals surface area contributed by atoms with Gasteiger partial charge in [-0.05, 0) is 24.6 Å². The lowest BCUT2D eigenvalue weighted by Gasteiger charge is -2.31. The Morgan fingerprint density at radius 1 is 1.47 bits per heavy atom. The van der Waals surface area contributed by atoms with Crippen molar-refractivity contribution >= 4 is 29.3 Å². The predicted octanol–water partition coefficient (Wildman–Crippen LogP) is 0.912. The molecule has 1 saturated heterocycles. The quantitative estimate of drug-likeness (QED) is 0.647. The summed E-state index contributed by atoms with van der Waals surface area (Å²) in [7, 11) is 0. The van der Waals surface area contributed by atoms with E-state index in [9.17, 15) is 14.4 Å². The lowest BCUT2D eigenvalue weighted by atomic mass is 10.1. The molecule has 3 amide bonds. The molecule has 0 radical (unpaired) electrons. The summed E-state index contributed by atoms with van der Waals surface area (Å²) in [6, 6.07) is 6.17. The first-order chi connectivity index (χ1) is 9.02. The third-order valence-corrected chi connectivity index (χ3v) is 3.32. The molecule has 6 heteroatoms. The van der Waals surface area contributed by atoms with Crippen LogP contribution in [-0.4, -0.2) is 35.2 Å². The zero-order chi connectivity index (χ0) is 14.0. The van der Waals surface area contributed by atoms with Gasteiger partial charge in [0.25, 0.3) is 5.91 Å². The average Bonchev–Trinajstić information content (AvgIpc) is 2.42. The number of halogens is 1. The second-order valence-corrected chi connectivity index (χ2v) is 4.62. The highest BCUT2D eigenvalue weighted by Crippen LogP contribution is 2.14. The highest BCUT2D eigenvalue weighted by molar-refractivity contribution is 6.17. The molecular formula is C13H13ClN2O3. The maximum Gasteiger partial charge on any atom is 0.255 e. The van der Waals surface area contributed by atoms with Crippen molar-refractivity contribution in [3.05, 3.63) is 35.4 Å². The minimum atomic E-state index is -0.662. The minimum absolute atomic E-state index is 0.114. The number of nitrogens with zero attached hydrogens (tertiary/aromatic N) is 1. The molecule has 19 heavy (non-hydrogen) atoms. The van der Waals surface area contributed by atoms with Crippen molar-refractivity contribution in [3.8, 4) is 0 Å². The maximum atomic E-state index is 12.3. The summed E-state index contributed by atoms with van der Waals surface area (Å²) in [5, 5.41) is 2.20. The molecule has 0 spiro atoms. The number of hydrogen-bond acceptors (Lipinski definition) is 3. The number of amides is 3. The maximum absolute atomic E-state index is 12.3. The van der Waals surface area contributed by atoms with Crippen LogP contribution in [0.15, 0.2) is 24.3 Å². The average molecular weight is 281 g/mol. The lowest BCUT2D eigenvalue weighted by Crippen LogP contribution is -2.58. The van der Waals surface area contributed by atoms with Crippen LogP contribution < -0.4 is 5.32 Å². The Labute approximate surface area is 115 Å². The van der Waals surface area contributed by atoms with E-state index in [-0.39, 0.29) is 12.5 Å². The number of imide groups is 1. The number of alkyl halides is 1. The van der Waals surface area contributed by atoms with Gasteiger partial charge in [-0.3, -0.25) is 19.7 Å². The highest BCUT2D eigenvalue weighted by Gasteiger charge is 2.33. The van der Waals surface area contributed by atoms with Gasteiger partial charge in [0.1, 0.15) is 12.6 Å². The van der Waals surface area contributed by atoms with E-state index < -0.39 is 17.9 Å². The summed E-state index contributed by atoms with van der Waals surface area (Å²) in [5.74, 6) is -0.971. The number of carbonyl (C=O) groups excluding carboxylic acids is 3. The van der Waals surface area contributed by atoms with Gasteiger partial charge in [0, 0.05) is 11.4 Å². The van der Waals surface area contributed by atoms with E-state index in [1.165, 1.54) is 4.90 Å². The fourth-order valence-corrected chi connectivity index (χ4v) is 2.08. The van der Waals surface area contributed by atoms with Gasteiger partial charge in [-0.1, -0.05) is 12.1 Å². The first-order valence-electron chi connectivity index (χ1n) is 5.82. The Morgan fingerprint density at radius 3 is 2.89 bits per heavy atom. The molecule has 1 aromatic rings. The number of piperazine rings is 1. The molecule has 0 aliphatic carbocycles. The third-order valence-electron chi connectivity index (χ3n) is 3.01. The molecule has 0 aromatic heterocycles. The largest absolute Gasteiger partial charge is 0.318 e. The van der Waals surface area contributed by atoms with Gasteiger partial charge in [-0.2, -0.15) is 0 Å². The van der Waals surface area contributed by atoms with Crippen LogP contribution in [0.3, 0.4) is 0 Å². The molecule has 1 aromatic carbocycles. The fourth-order valence-electron chi connectivity index (χ4n) is 1.92. The van der Waals surface area contributed by atoms with E-state index in [4.69, 9.17) is 11.6 Å². The molecule has 1 aliphatic rings. The number of hydrogen-bond donors (Lipinski definition) is 1. The molecule has 1 N–H and O–H groups in total. The van der Waals surface area contributed by atoms with Gasteiger partial charge in [0.05, 0.1) is 0 Å². The summed E-state index contributed by atoms with van der Waals surface area (Å²) < 4.78 is 0. The lowest BCUT2D eigenvalue weighted by molar-refractivity contribution is -0.138. The smallest absolute Gasteiger partial charge is 0.255 e. The highest BCUT2D eigenvalue weighted by atomic mass is 35.5. The Morgan fingerprint density at radius 2 is 2.21 bits per heavy atom. The first kappa shape index (κ1) is 13.5. The van der Waals surface area contributed by atoms with Crippen LogP contribution in [0.1, 0.15) is 22.8 Å². The molecular weight excluding hydrogens is 268 g/mol. The van der Waals surface area contributed by atoms with Crippen molar-refractivity contribution in [2.24, 2.45) is 0 Å². The second-order valence-electron chi connectivity index (χ2n) is 4.36. The predicted molar refractivity (Wildman–Crippen MR) is 69.6 cm³/mol. The van der Waals surface area contributed by atoms with Gasteiger partial charge in [0.15, 0.2) is 0 Å². The van der Waals surface area contributed by atoms with Gasteiger partial charge in [-0.15, -0.1) is 11.6 Å². The van der Waals surface area contributed by atoms with E-state index in [1.54, 1.807) is 31.2 Å². The summed E-state index contributed by atoms with van der Waals surface area (Å²) in [6.45, 7) is 1.47. The van der Waals surface area contributed by atoms with E-state index in [2.05, 4.69) is 5.32 Å². The molecule has 1 fully saturated rings. The summed E-state index contributed by atoms with van der Waals surface area (Å²) in [5.41, 5.74) is 1.24. The molecule has 1 heterocycles. The van der Waals surface area contributed by atoms with Crippen molar-refractivity contribution in [1.82, 2.24) is 10.2 Å². The monoisotopic (exact) mass is 280 g/mol. The number of carbonyl (C=O) groups is 3. The van der Waals surface area contributed by atoms with Crippen LogP contribution in [0.4, 0.5) is 0 Å². The van der Waals surface area contributed by atoms with E-state index in [0.717, 1.165) is 5.56 Å². The van der Waals surface area contributed by atoms with Crippen LogP contribution >= 0.6 is 11.6 Å². The molecule has 100 valence electrons. The van der Waals surface area contributed by atoms with Gasteiger partial charge >= 0.3 is 0 Å². The van der Waals surface area contributed by atoms with E-state index in [0.29, 0.717) is 11.4 Å². The topological polar surface area (TPSA) is 66.5 Å². The van der Waals surface area contributed by atoms with Crippen molar-refractivity contribution in [1.29, 1.82) is 0 Å². The third kappa shape index (κ3) is 2.76. The Kier molecular flexibility index (Phi) is 3.85.